The van der Waals surface area contributed by atoms with E-state index in [0.717, 1.165) is 32.1 Å². The zero-order valence-electron chi connectivity index (χ0n) is 12.0. The van der Waals surface area contributed by atoms with Crippen molar-refractivity contribution in [1.82, 2.24) is 10.2 Å². The molecule has 3 saturated carbocycles. The molecule has 3 fully saturated rings. The van der Waals surface area contributed by atoms with Crippen molar-refractivity contribution in [3.05, 3.63) is 0 Å². The van der Waals surface area contributed by atoms with Crippen molar-refractivity contribution < 1.29 is 14.7 Å². The van der Waals surface area contributed by atoms with Crippen LogP contribution in [0.4, 0.5) is 4.79 Å². The van der Waals surface area contributed by atoms with E-state index in [2.05, 4.69) is 11.4 Å². The summed E-state index contributed by atoms with van der Waals surface area (Å²) in [4.78, 5) is 25.6. The van der Waals surface area contributed by atoms with Gasteiger partial charge in [0.15, 0.2) is 0 Å². The maximum atomic E-state index is 12.4. The largest absolute Gasteiger partial charge is 0.481 e. The molecule has 0 aromatic heterocycles. The van der Waals surface area contributed by atoms with Crippen LogP contribution in [0.5, 0.6) is 0 Å². The first-order chi connectivity index (χ1) is 10.1. The highest BCUT2D eigenvalue weighted by atomic mass is 16.4. The highest BCUT2D eigenvalue weighted by Crippen LogP contribution is 2.48. The quantitative estimate of drug-likeness (QED) is 0.804. The van der Waals surface area contributed by atoms with Crippen LogP contribution in [0.3, 0.4) is 0 Å². The molecule has 3 aliphatic carbocycles. The van der Waals surface area contributed by atoms with Crippen LogP contribution in [0.15, 0.2) is 0 Å². The molecule has 0 aromatic carbocycles. The van der Waals surface area contributed by atoms with Crippen LogP contribution in [0.25, 0.3) is 0 Å². The summed E-state index contributed by atoms with van der Waals surface area (Å²) < 4.78 is 0. The highest BCUT2D eigenvalue weighted by Gasteiger charge is 2.52. The van der Waals surface area contributed by atoms with Gasteiger partial charge < -0.3 is 15.3 Å². The number of aliphatic carboxylic acids is 1. The third-order valence-electron chi connectivity index (χ3n) is 5.20. The van der Waals surface area contributed by atoms with E-state index in [1.54, 1.807) is 4.90 Å². The summed E-state index contributed by atoms with van der Waals surface area (Å²) in [5.41, 5.74) is 0. The smallest absolute Gasteiger partial charge is 0.317 e. The third-order valence-corrected chi connectivity index (χ3v) is 5.20. The summed E-state index contributed by atoms with van der Waals surface area (Å²) in [6.45, 7) is 0.436. The van der Waals surface area contributed by atoms with Crippen molar-refractivity contribution in [2.75, 3.05) is 6.54 Å². The second-order valence-corrected chi connectivity index (χ2v) is 6.51. The van der Waals surface area contributed by atoms with Crippen molar-refractivity contribution in [1.29, 1.82) is 5.26 Å². The molecule has 0 saturated heterocycles. The van der Waals surface area contributed by atoms with Crippen molar-refractivity contribution in [3.63, 3.8) is 0 Å². The van der Waals surface area contributed by atoms with Gasteiger partial charge in [-0.25, -0.2) is 4.79 Å². The van der Waals surface area contributed by atoms with Gasteiger partial charge in [0.05, 0.1) is 18.4 Å². The van der Waals surface area contributed by atoms with E-state index in [1.165, 1.54) is 0 Å². The number of amides is 2. The van der Waals surface area contributed by atoms with E-state index in [4.69, 9.17) is 5.26 Å². The predicted molar refractivity (Wildman–Crippen MR) is 74.2 cm³/mol. The SMILES string of the molecule is N#CCCN(C(=O)NC1C2CCC(C2)C1C(=O)O)C1CC1. The molecule has 114 valence electrons. The first-order valence-electron chi connectivity index (χ1n) is 7.78. The molecule has 3 rings (SSSR count). The van der Waals surface area contributed by atoms with Crippen molar-refractivity contribution in [2.24, 2.45) is 17.8 Å². The lowest BCUT2D eigenvalue weighted by Gasteiger charge is -2.31. The lowest BCUT2D eigenvalue weighted by molar-refractivity contribution is -0.144. The average Bonchev–Trinajstić information content (AvgIpc) is 3.07. The van der Waals surface area contributed by atoms with Crippen LogP contribution in [-0.4, -0.2) is 40.6 Å². The fourth-order valence-electron chi connectivity index (χ4n) is 4.09. The molecular weight excluding hydrogens is 270 g/mol. The number of fused-ring (bicyclic) bond motifs is 2. The minimum atomic E-state index is -0.789. The number of hydrogen-bond donors (Lipinski definition) is 2. The first-order valence-corrected chi connectivity index (χ1v) is 7.78. The lowest BCUT2D eigenvalue weighted by atomic mass is 9.84. The van der Waals surface area contributed by atoms with Gasteiger partial charge in [-0.15, -0.1) is 0 Å². The zero-order chi connectivity index (χ0) is 15.0. The molecule has 0 aromatic rings. The monoisotopic (exact) mass is 291 g/mol. The Kier molecular flexibility index (Phi) is 3.75. The van der Waals surface area contributed by atoms with Gasteiger partial charge in [-0.1, -0.05) is 0 Å². The number of carbonyl (C=O) groups excluding carboxylic acids is 1. The van der Waals surface area contributed by atoms with E-state index in [0.29, 0.717) is 18.9 Å². The van der Waals surface area contributed by atoms with Crippen LogP contribution >= 0.6 is 0 Å². The molecule has 0 radical (unpaired) electrons. The van der Waals surface area contributed by atoms with Gasteiger partial charge in [0.25, 0.3) is 0 Å². The van der Waals surface area contributed by atoms with E-state index in [9.17, 15) is 14.7 Å². The summed E-state index contributed by atoms with van der Waals surface area (Å²) in [5.74, 6) is -0.712. The normalized spacial score (nSPS) is 33.5. The molecule has 4 atom stereocenters. The Hall–Kier alpha value is -1.77. The molecular formula is C15H21N3O3. The number of carboxylic acids is 1. The molecule has 2 N–H and O–H groups in total. The van der Waals surface area contributed by atoms with Crippen LogP contribution in [0.2, 0.25) is 0 Å². The van der Waals surface area contributed by atoms with Crippen molar-refractivity contribution in [3.8, 4) is 6.07 Å². The Morgan fingerprint density at radius 1 is 1.24 bits per heavy atom. The molecule has 6 nitrogen and oxygen atoms in total. The fraction of sp³-hybridized carbons (Fsp3) is 0.800. The summed E-state index contributed by atoms with van der Waals surface area (Å²) >= 11 is 0. The second kappa shape index (κ2) is 5.55. The molecule has 21 heavy (non-hydrogen) atoms. The van der Waals surface area contributed by atoms with E-state index in [-0.39, 0.29) is 24.0 Å². The number of rotatable bonds is 5. The summed E-state index contributed by atoms with van der Waals surface area (Å²) in [6, 6.07) is 1.88. The number of hydrogen-bond acceptors (Lipinski definition) is 3. The maximum Gasteiger partial charge on any atom is 0.317 e. The molecule has 2 amide bonds. The summed E-state index contributed by atoms with van der Waals surface area (Å²) in [6.07, 6.45) is 5.19. The summed E-state index contributed by atoms with van der Waals surface area (Å²) in [5, 5.41) is 21.1. The van der Waals surface area contributed by atoms with Crippen LogP contribution in [-0.2, 0) is 4.79 Å². The van der Waals surface area contributed by atoms with Gasteiger partial charge in [0.2, 0.25) is 0 Å². The molecule has 0 aliphatic heterocycles. The number of nitriles is 1. The first kappa shape index (κ1) is 14.2. The Morgan fingerprint density at radius 2 is 1.95 bits per heavy atom. The molecule has 6 heteroatoms. The minimum Gasteiger partial charge on any atom is -0.481 e. The Balaban J connectivity index is 1.65. The number of nitrogens with zero attached hydrogens (tertiary/aromatic N) is 2. The van der Waals surface area contributed by atoms with Gasteiger partial charge in [-0.2, -0.15) is 5.26 Å². The number of carbonyl (C=O) groups is 2. The summed E-state index contributed by atoms with van der Waals surface area (Å²) in [7, 11) is 0. The maximum absolute atomic E-state index is 12.4. The van der Waals surface area contributed by atoms with Crippen LogP contribution in [0.1, 0.15) is 38.5 Å². The Morgan fingerprint density at radius 3 is 2.57 bits per heavy atom. The molecule has 0 spiro atoms. The standard InChI is InChI=1S/C15H21N3O3/c16-6-1-7-18(11-4-5-11)15(21)17-13-10-3-2-9(8-10)12(13)14(19)20/h9-13H,1-5,7-8H2,(H,17,21)(H,19,20). The number of carboxylic acid groups (broad SMARTS) is 1. The van der Waals surface area contributed by atoms with E-state index < -0.39 is 11.9 Å². The van der Waals surface area contributed by atoms with Crippen LogP contribution in [0, 0.1) is 29.1 Å². The topological polar surface area (TPSA) is 93.4 Å². The second-order valence-electron chi connectivity index (χ2n) is 6.51. The molecule has 4 unspecified atom stereocenters. The highest BCUT2D eigenvalue weighted by molar-refractivity contribution is 5.78. The van der Waals surface area contributed by atoms with Gasteiger partial charge in [-0.3, -0.25) is 4.79 Å². The van der Waals surface area contributed by atoms with Crippen molar-refractivity contribution >= 4 is 12.0 Å². The van der Waals surface area contributed by atoms with Gasteiger partial charge in [0.1, 0.15) is 0 Å². The van der Waals surface area contributed by atoms with Crippen molar-refractivity contribution in [2.45, 2.75) is 50.6 Å². The number of nitrogens with one attached hydrogen (secondary N) is 1. The lowest BCUT2D eigenvalue weighted by Crippen LogP contribution is -2.52. The molecule has 0 heterocycles. The van der Waals surface area contributed by atoms with Crippen LogP contribution < -0.4 is 5.32 Å². The average molecular weight is 291 g/mol. The minimum absolute atomic E-state index is 0.184. The third kappa shape index (κ3) is 2.69. The zero-order valence-corrected chi connectivity index (χ0v) is 12.0. The number of urea groups is 1. The Labute approximate surface area is 124 Å². The van der Waals surface area contributed by atoms with E-state index >= 15 is 0 Å². The van der Waals surface area contributed by atoms with E-state index in [1.807, 2.05) is 0 Å². The van der Waals surface area contributed by atoms with Gasteiger partial charge in [-0.05, 0) is 43.9 Å². The predicted octanol–water partition coefficient (Wildman–Crippen LogP) is 1.57. The Bertz CT molecular complexity index is 483. The molecule has 3 aliphatic rings. The molecule has 2 bridgehead atoms. The van der Waals surface area contributed by atoms with Gasteiger partial charge >= 0.3 is 12.0 Å². The van der Waals surface area contributed by atoms with Gasteiger partial charge in [0, 0.05) is 18.6 Å². The fourth-order valence-corrected chi connectivity index (χ4v) is 4.09.